The van der Waals surface area contributed by atoms with Crippen molar-refractivity contribution in [1.82, 2.24) is 0 Å². The zero-order chi connectivity index (χ0) is 69.7. The van der Waals surface area contributed by atoms with E-state index >= 15 is 0 Å². The molecule has 0 fully saturated rings. The molecular weight excluding hydrogens is 1250 g/mol. The van der Waals surface area contributed by atoms with E-state index in [9.17, 15) is 43.2 Å². The number of aliphatic hydroxyl groups is 1. The van der Waals surface area contributed by atoms with Crippen LogP contribution in [0.2, 0.25) is 0 Å². The summed E-state index contributed by atoms with van der Waals surface area (Å²) in [6.07, 6.45) is 61.1. The molecule has 0 amide bonds. The van der Waals surface area contributed by atoms with Crippen molar-refractivity contribution in [1.29, 1.82) is 0 Å². The van der Waals surface area contributed by atoms with Crippen molar-refractivity contribution in [2.75, 3.05) is 39.6 Å². The van der Waals surface area contributed by atoms with Crippen molar-refractivity contribution in [2.24, 2.45) is 0 Å². The lowest BCUT2D eigenvalue weighted by molar-refractivity contribution is -0.161. The molecule has 0 aliphatic carbocycles. The minimum absolute atomic E-state index is 0.107. The molecule has 0 aliphatic heterocycles. The first-order valence-corrected chi connectivity index (χ1v) is 42.8. The van der Waals surface area contributed by atoms with E-state index in [0.29, 0.717) is 25.7 Å². The van der Waals surface area contributed by atoms with Gasteiger partial charge in [0.05, 0.1) is 26.4 Å². The van der Waals surface area contributed by atoms with Gasteiger partial charge in [-0.3, -0.25) is 37.3 Å². The summed E-state index contributed by atoms with van der Waals surface area (Å²) in [6.45, 7) is 4.96. The van der Waals surface area contributed by atoms with Crippen LogP contribution in [0.5, 0.6) is 0 Å². The Morgan fingerprint density at radius 2 is 0.421 bits per heavy atom. The Hall–Kier alpha value is -1.94. The van der Waals surface area contributed by atoms with Crippen LogP contribution in [-0.4, -0.2) is 96.7 Å². The highest BCUT2D eigenvalue weighted by atomic mass is 31.2. The van der Waals surface area contributed by atoms with Gasteiger partial charge in [-0.25, -0.2) is 9.13 Å². The summed E-state index contributed by atoms with van der Waals surface area (Å²) in [5, 5.41) is 10.6. The highest BCUT2D eigenvalue weighted by Gasteiger charge is 2.30. The lowest BCUT2D eigenvalue weighted by Crippen LogP contribution is -2.30. The summed E-state index contributed by atoms with van der Waals surface area (Å²) in [5.74, 6) is -2.11. The van der Waals surface area contributed by atoms with Crippen molar-refractivity contribution in [2.45, 2.75) is 425 Å². The lowest BCUT2D eigenvalue weighted by atomic mass is 10.0. The molecule has 564 valence electrons. The number of ether oxygens (including phenoxy) is 4. The van der Waals surface area contributed by atoms with Gasteiger partial charge in [0.25, 0.3) is 0 Å². The first-order valence-electron chi connectivity index (χ1n) is 39.8. The van der Waals surface area contributed by atoms with Crippen LogP contribution >= 0.6 is 15.6 Å². The van der Waals surface area contributed by atoms with Crippen LogP contribution in [0.4, 0.5) is 0 Å². The van der Waals surface area contributed by atoms with Crippen LogP contribution in [0.3, 0.4) is 0 Å². The van der Waals surface area contributed by atoms with E-state index in [-0.39, 0.29) is 25.7 Å². The average molecular weight is 1400 g/mol. The molecule has 3 N–H and O–H groups in total. The monoisotopic (exact) mass is 1400 g/mol. The third-order valence-electron chi connectivity index (χ3n) is 17.9. The van der Waals surface area contributed by atoms with Crippen LogP contribution < -0.4 is 0 Å². The van der Waals surface area contributed by atoms with Crippen LogP contribution in [-0.2, 0) is 65.4 Å². The second-order valence-electron chi connectivity index (χ2n) is 27.4. The van der Waals surface area contributed by atoms with Gasteiger partial charge in [0.1, 0.15) is 19.3 Å². The topological polar surface area (TPSA) is 237 Å². The maximum atomic E-state index is 13.1. The fourth-order valence-corrected chi connectivity index (χ4v) is 13.3. The molecule has 0 saturated carbocycles. The van der Waals surface area contributed by atoms with Crippen molar-refractivity contribution in [3.8, 4) is 0 Å². The van der Waals surface area contributed by atoms with Gasteiger partial charge >= 0.3 is 39.5 Å². The Morgan fingerprint density at radius 3 is 0.621 bits per heavy atom. The zero-order valence-corrected chi connectivity index (χ0v) is 63.4. The Bertz CT molecular complexity index is 1810. The molecule has 0 bridgehead atoms. The molecule has 0 saturated heterocycles. The Labute approximate surface area is 581 Å². The zero-order valence-electron chi connectivity index (χ0n) is 61.6. The molecule has 0 spiro atoms. The van der Waals surface area contributed by atoms with Gasteiger partial charge < -0.3 is 33.8 Å². The van der Waals surface area contributed by atoms with E-state index in [1.807, 2.05) is 0 Å². The molecule has 0 aliphatic rings. The first-order chi connectivity index (χ1) is 46.2. The summed E-state index contributed by atoms with van der Waals surface area (Å²) in [5.41, 5.74) is 0. The van der Waals surface area contributed by atoms with Gasteiger partial charge in [-0.1, -0.05) is 355 Å². The minimum Gasteiger partial charge on any atom is -0.462 e. The number of rotatable bonds is 77. The molecule has 0 radical (unpaired) electrons. The third-order valence-corrected chi connectivity index (χ3v) is 19.8. The summed E-state index contributed by atoms with van der Waals surface area (Å²) in [7, 11) is -9.90. The SMILES string of the molecule is CCCCCCCCCCCCCCCCCCCCCC(=O)O[C@H](COC(=O)CCCCCCCCCCCCCCCCCCC)COP(=O)(O)OC[C@@H](O)COP(=O)(O)OC[C@@H](COC(=O)CCCCCCCCCC)OC(=O)CCCCCCCCCCCCC. The average Bonchev–Trinajstić information content (AvgIpc) is 2.55. The predicted octanol–water partition coefficient (Wildman–Crippen LogP) is 22.6. The van der Waals surface area contributed by atoms with E-state index in [1.54, 1.807) is 0 Å². The van der Waals surface area contributed by atoms with E-state index in [2.05, 4.69) is 27.7 Å². The number of esters is 4. The van der Waals surface area contributed by atoms with Gasteiger partial charge in [0.15, 0.2) is 12.2 Å². The molecule has 0 heterocycles. The highest BCUT2D eigenvalue weighted by Crippen LogP contribution is 2.45. The Balaban J connectivity index is 5.19. The number of hydrogen-bond donors (Lipinski definition) is 3. The molecular formula is C76H148O17P2. The number of hydrogen-bond acceptors (Lipinski definition) is 15. The van der Waals surface area contributed by atoms with Crippen molar-refractivity contribution >= 4 is 39.5 Å². The van der Waals surface area contributed by atoms with Gasteiger partial charge in [-0.15, -0.1) is 0 Å². The maximum absolute atomic E-state index is 13.1. The highest BCUT2D eigenvalue weighted by molar-refractivity contribution is 7.47. The standard InChI is InChI=1S/C76H148O17P2/c1-5-9-13-17-21-25-28-30-32-34-35-37-39-41-44-47-51-55-59-63-76(81)93-72(67-87-74(79)61-57-53-49-45-43-40-38-36-33-31-29-26-22-18-14-10-6-2)69-91-95(84,85)89-65-70(77)64-88-94(82,83)90-68-71(66-86-73(78)60-56-52-48-24-20-16-12-8-4)92-75(80)62-58-54-50-46-42-27-23-19-15-11-7-3/h70-72,77H,5-69H2,1-4H3,(H,82,83)(H,84,85)/t70-,71+,72+/m0/s1. The second kappa shape index (κ2) is 70.5. The fourth-order valence-electron chi connectivity index (χ4n) is 11.8. The van der Waals surface area contributed by atoms with Crippen LogP contribution in [0, 0.1) is 0 Å². The molecule has 17 nitrogen and oxygen atoms in total. The first kappa shape index (κ1) is 93.1. The predicted molar refractivity (Wildman–Crippen MR) is 386 cm³/mol. The number of phosphoric ester groups is 2. The number of carbonyl (C=O) groups excluding carboxylic acids is 4. The van der Waals surface area contributed by atoms with E-state index < -0.39 is 97.5 Å². The molecule has 0 aromatic rings. The number of phosphoric acid groups is 2. The number of carbonyl (C=O) groups is 4. The van der Waals surface area contributed by atoms with Crippen LogP contribution in [0.15, 0.2) is 0 Å². The Morgan fingerprint density at radius 1 is 0.253 bits per heavy atom. The van der Waals surface area contributed by atoms with Gasteiger partial charge in [0, 0.05) is 25.7 Å². The Kier molecular flexibility index (Phi) is 69.1. The second-order valence-corrected chi connectivity index (χ2v) is 30.3. The van der Waals surface area contributed by atoms with Gasteiger partial charge in [-0.05, 0) is 25.7 Å². The van der Waals surface area contributed by atoms with Gasteiger partial charge in [-0.2, -0.15) is 0 Å². The van der Waals surface area contributed by atoms with Crippen molar-refractivity contribution < 1.29 is 80.2 Å². The normalized spacial score (nSPS) is 13.9. The molecule has 5 atom stereocenters. The minimum atomic E-state index is -4.96. The number of aliphatic hydroxyl groups excluding tert-OH is 1. The molecule has 0 aromatic carbocycles. The van der Waals surface area contributed by atoms with Crippen molar-refractivity contribution in [3.63, 3.8) is 0 Å². The van der Waals surface area contributed by atoms with Crippen molar-refractivity contribution in [3.05, 3.63) is 0 Å². The maximum Gasteiger partial charge on any atom is 0.472 e. The largest absolute Gasteiger partial charge is 0.472 e. The quantitative estimate of drug-likeness (QED) is 0.0222. The fraction of sp³-hybridized carbons (Fsp3) is 0.947. The molecule has 0 aromatic heterocycles. The van der Waals surface area contributed by atoms with E-state index in [4.69, 9.17) is 37.0 Å². The molecule has 19 heteroatoms. The number of unbranched alkanes of at least 4 members (excludes halogenated alkanes) is 51. The van der Waals surface area contributed by atoms with E-state index in [0.717, 1.165) is 96.3 Å². The summed E-state index contributed by atoms with van der Waals surface area (Å²) >= 11 is 0. The third kappa shape index (κ3) is 70.3. The molecule has 2 unspecified atom stereocenters. The molecule has 95 heavy (non-hydrogen) atoms. The summed E-state index contributed by atoms with van der Waals surface area (Å²) in [4.78, 5) is 72.7. The summed E-state index contributed by atoms with van der Waals surface area (Å²) in [6, 6.07) is 0. The van der Waals surface area contributed by atoms with Gasteiger partial charge in [0.2, 0.25) is 0 Å². The van der Waals surface area contributed by atoms with Crippen LogP contribution in [0.1, 0.15) is 407 Å². The lowest BCUT2D eigenvalue weighted by Gasteiger charge is -2.21. The van der Waals surface area contributed by atoms with Crippen LogP contribution in [0.25, 0.3) is 0 Å². The van der Waals surface area contributed by atoms with E-state index in [1.165, 1.54) is 231 Å². The summed E-state index contributed by atoms with van der Waals surface area (Å²) < 4.78 is 68.4. The smallest absolute Gasteiger partial charge is 0.462 e. The molecule has 0 rings (SSSR count).